The Hall–Kier alpha value is -0.190. The summed E-state index contributed by atoms with van der Waals surface area (Å²) in [7, 11) is 0. The third kappa shape index (κ3) is 7.91. The Balaban J connectivity index is 0. The molecule has 3 nitrogen and oxygen atoms in total. The van der Waals surface area contributed by atoms with Gasteiger partial charge in [0, 0.05) is 18.7 Å². The molecule has 3 N–H and O–H groups in total. The molecule has 0 aliphatic carbocycles. The lowest BCUT2D eigenvalue weighted by Gasteiger charge is -2.07. The number of hydrogen-bond acceptors (Lipinski definition) is 3. The Labute approximate surface area is 83.6 Å². The fourth-order valence-electron chi connectivity index (χ4n) is 0.480. The molecule has 0 aromatic heterocycles. The molecule has 1 atom stereocenters. The maximum atomic E-state index is 10.9. The first-order chi connectivity index (χ1) is 5.20. The fraction of sp³-hybridized carbons (Fsp3) is 0.571. The standard InChI is InChI=1S/C7H14N2OS.ClH/c1-6(5-8)9-7(10)3-4-11-2;/h3-4,6H,5,8H2,1-2H3,(H,9,10);1H/b4-3+;/t6-;/m1./s1. The lowest BCUT2D eigenvalue weighted by Crippen LogP contribution is -2.36. The van der Waals surface area contributed by atoms with Crippen LogP contribution in [0.5, 0.6) is 0 Å². The molecule has 0 saturated heterocycles. The largest absolute Gasteiger partial charge is 0.349 e. The normalized spacial score (nSPS) is 12.2. The van der Waals surface area contributed by atoms with Crippen LogP contribution >= 0.6 is 24.2 Å². The molecule has 0 heterocycles. The molecule has 0 aromatic rings. The molecule has 0 unspecified atom stereocenters. The highest BCUT2D eigenvalue weighted by Crippen LogP contribution is 1.92. The lowest BCUT2D eigenvalue weighted by atomic mass is 10.3. The van der Waals surface area contributed by atoms with E-state index in [1.165, 1.54) is 17.8 Å². The molecule has 0 aromatic carbocycles. The highest BCUT2D eigenvalue weighted by molar-refractivity contribution is 8.01. The molecular weight excluding hydrogens is 196 g/mol. The van der Waals surface area contributed by atoms with Crippen LogP contribution in [0.2, 0.25) is 0 Å². The zero-order chi connectivity index (χ0) is 8.69. The summed E-state index contributed by atoms with van der Waals surface area (Å²) in [5.41, 5.74) is 5.30. The van der Waals surface area contributed by atoms with Crippen LogP contribution in [0.1, 0.15) is 6.92 Å². The van der Waals surface area contributed by atoms with E-state index in [1.54, 1.807) is 5.41 Å². The summed E-state index contributed by atoms with van der Waals surface area (Å²) in [6, 6.07) is 0.0500. The maximum Gasteiger partial charge on any atom is 0.244 e. The minimum Gasteiger partial charge on any atom is -0.349 e. The van der Waals surface area contributed by atoms with Gasteiger partial charge in [0.1, 0.15) is 0 Å². The first-order valence-electron chi connectivity index (χ1n) is 3.40. The second-order valence-electron chi connectivity index (χ2n) is 2.18. The van der Waals surface area contributed by atoms with E-state index in [-0.39, 0.29) is 24.4 Å². The van der Waals surface area contributed by atoms with E-state index in [1.807, 2.05) is 13.2 Å². The summed E-state index contributed by atoms with van der Waals surface area (Å²) in [5, 5.41) is 4.43. The Kier molecular flexibility index (Phi) is 10.6. The van der Waals surface area contributed by atoms with E-state index in [9.17, 15) is 4.79 Å². The van der Waals surface area contributed by atoms with E-state index < -0.39 is 0 Å². The van der Waals surface area contributed by atoms with Gasteiger partial charge in [0.15, 0.2) is 0 Å². The van der Waals surface area contributed by atoms with Gasteiger partial charge in [-0.05, 0) is 18.6 Å². The minimum atomic E-state index is -0.0858. The average molecular weight is 211 g/mol. The van der Waals surface area contributed by atoms with Crippen molar-refractivity contribution in [1.29, 1.82) is 0 Å². The van der Waals surface area contributed by atoms with E-state index in [0.717, 1.165) is 0 Å². The fourth-order valence-corrected chi connectivity index (χ4v) is 0.739. The molecule has 12 heavy (non-hydrogen) atoms. The number of thioether (sulfide) groups is 1. The zero-order valence-corrected chi connectivity index (χ0v) is 8.87. The maximum absolute atomic E-state index is 10.9. The molecule has 0 rings (SSSR count). The lowest BCUT2D eigenvalue weighted by molar-refractivity contribution is -0.117. The number of halogens is 1. The van der Waals surface area contributed by atoms with Crippen molar-refractivity contribution < 1.29 is 4.79 Å². The van der Waals surface area contributed by atoms with Crippen LogP contribution in [0, 0.1) is 0 Å². The smallest absolute Gasteiger partial charge is 0.244 e. The van der Waals surface area contributed by atoms with Gasteiger partial charge in [-0.2, -0.15) is 0 Å². The monoisotopic (exact) mass is 210 g/mol. The van der Waals surface area contributed by atoms with Gasteiger partial charge in [-0.1, -0.05) is 0 Å². The molecule has 0 aliphatic heterocycles. The zero-order valence-electron chi connectivity index (χ0n) is 7.24. The predicted octanol–water partition coefficient (Wildman–Crippen LogP) is 0.748. The van der Waals surface area contributed by atoms with Gasteiger partial charge in [-0.25, -0.2) is 0 Å². The third-order valence-corrected chi connectivity index (χ3v) is 1.51. The van der Waals surface area contributed by atoms with Crippen molar-refractivity contribution in [3.8, 4) is 0 Å². The summed E-state index contributed by atoms with van der Waals surface area (Å²) in [6.45, 7) is 2.34. The molecule has 0 radical (unpaired) electrons. The molecule has 5 heteroatoms. The van der Waals surface area contributed by atoms with Crippen LogP contribution < -0.4 is 11.1 Å². The first-order valence-corrected chi connectivity index (χ1v) is 4.69. The Morgan fingerprint density at radius 3 is 2.75 bits per heavy atom. The minimum absolute atomic E-state index is 0. The third-order valence-electron chi connectivity index (χ3n) is 1.10. The van der Waals surface area contributed by atoms with Gasteiger partial charge in [0.2, 0.25) is 5.91 Å². The Morgan fingerprint density at radius 2 is 2.33 bits per heavy atom. The van der Waals surface area contributed by atoms with Gasteiger partial charge in [-0.3, -0.25) is 4.79 Å². The molecule has 1 amide bonds. The van der Waals surface area contributed by atoms with Crippen molar-refractivity contribution in [3.05, 3.63) is 11.5 Å². The summed E-state index contributed by atoms with van der Waals surface area (Å²) < 4.78 is 0. The van der Waals surface area contributed by atoms with Crippen LogP contribution in [-0.2, 0) is 4.79 Å². The number of rotatable bonds is 4. The van der Waals surface area contributed by atoms with E-state index >= 15 is 0 Å². The van der Waals surface area contributed by atoms with Crippen molar-refractivity contribution in [3.63, 3.8) is 0 Å². The number of nitrogens with two attached hydrogens (primary N) is 1. The molecule has 0 spiro atoms. The topological polar surface area (TPSA) is 55.1 Å². The highest BCUT2D eigenvalue weighted by Gasteiger charge is 1.99. The summed E-state index contributed by atoms with van der Waals surface area (Å²) in [4.78, 5) is 10.9. The van der Waals surface area contributed by atoms with E-state index in [4.69, 9.17) is 5.73 Å². The summed E-state index contributed by atoms with van der Waals surface area (Å²) >= 11 is 1.49. The molecule has 0 fully saturated rings. The van der Waals surface area contributed by atoms with Crippen LogP contribution in [0.4, 0.5) is 0 Å². The molecule has 0 saturated carbocycles. The number of carbonyl (C=O) groups excluding carboxylic acids is 1. The van der Waals surface area contributed by atoms with Gasteiger partial charge in [0.25, 0.3) is 0 Å². The first kappa shape index (κ1) is 14.3. The van der Waals surface area contributed by atoms with Crippen LogP contribution in [0.15, 0.2) is 11.5 Å². The second kappa shape index (κ2) is 8.90. The Bertz CT molecular complexity index is 152. The van der Waals surface area contributed by atoms with Gasteiger partial charge >= 0.3 is 0 Å². The van der Waals surface area contributed by atoms with Crippen LogP contribution in [0.3, 0.4) is 0 Å². The van der Waals surface area contributed by atoms with Crippen molar-refractivity contribution >= 4 is 30.1 Å². The van der Waals surface area contributed by atoms with Crippen molar-refractivity contribution in [1.82, 2.24) is 5.32 Å². The van der Waals surface area contributed by atoms with E-state index in [2.05, 4.69) is 5.32 Å². The predicted molar refractivity (Wildman–Crippen MR) is 56.6 cm³/mol. The quantitative estimate of drug-likeness (QED) is 0.674. The van der Waals surface area contributed by atoms with Crippen LogP contribution in [-0.4, -0.2) is 24.7 Å². The molecule has 72 valence electrons. The highest BCUT2D eigenvalue weighted by atomic mass is 35.5. The van der Waals surface area contributed by atoms with Gasteiger partial charge in [0.05, 0.1) is 0 Å². The molecule has 0 aliphatic rings. The van der Waals surface area contributed by atoms with E-state index in [0.29, 0.717) is 6.54 Å². The summed E-state index contributed by atoms with van der Waals surface area (Å²) in [6.07, 6.45) is 3.40. The second-order valence-corrected chi connectivity index (χ2v) is 2.93. The van der Waals surface area contributed by atoms with Crippen molar-refractivity contribution in [2.75, 3.05) is 12.8 Å². The number of nitrogens with one attached hydrogen (secondary N) is 1. The van der Waals surface area contributed by atoms with Gasteiger partial charge < -0.3 is 11.1 Å². The summed E-state index contributed by atoms with van der Waals surface area (Å²) in [5.74, 6) is -0.0858. The van der Waals surface area contributed by atoms with Crippen molar-refractivity contribution in [2.45, 2.75) is 13.0 Å². The SMILES string of the molecule is CS/C=C/C(=O)N[C@H](C)CN.Cl. The van der Waals surface area contributed by atoms with Crippen molar-refractivity contribution in [2.24, 2.45) is 5.73 Å². The molecular formula is C7H15ClN2OS. The average Bonchev–Trinajstić information content (AvgIpc) is 2.00. The number of hydrogen-bond donors (Lipinski definition) is 2. The molecule has 0 bridgehead atoms. The van der Waals surface area contributed by atoms with Crippen LogP contribution in [0.25, 0.3) is 0 Å². The Morgan fingerprint density at radius 1 is 1.75 bits per heavy atom. The number of amides is 1. The number of carbonyl (C=O) groups is 1. The van der Waals surface area contributed by atoms with Gasteiger partial charge in [-0.15, -0.1) is 24.2 Å².